The Bertz CT molecular complexity index is 1200. The molecule has 1 N–H and O–H groups in total. The van der Waals surface area contributed by atoms with E-state index in [0.29, 0.717) is 16.7 Å². The minimum Gasteiger partial charge on any atom is -0.494 e. The lowest BCUT2D eigenvalue weighted by molar-refractivity contribution is 0.340. The van der Waals surface area contributed by atoms with Crippen molar-refractivity contribution in [2.75, 3.05) is 11.9 Å². The van der Waals surface area contributed by atoms with E-state index < -0.39 is 0 Å². The van der Waals surface area contributed by atoms with Crippen LogP contribution in [0.15, 0.2) is 66.7 Å². The van der Waals surface area contributed by atoms with E-state index in [1.165, 1.54) is 5.56 Å². The van der Waals surface area contributed by atoms with Gasteiger partial charge in [0, 0.05) is 0 Å². The molecule has 0 aliphatic carbocycles. The number of ether oxygens (including phenoxy) is 1. The summed E-state index contributed by atoms with van der Waals surface area (Å²) in [7, 11) is 0. The number of hydrogen-bond acceptors (Lipinski definition) is 3. The number of fused-ring (bicyclic) bond motifs is 3. The van der Waals surface area contributed by atoms with Crippen molar-refractivity contribution in [2.24, 2.45) is 0 Å². The Hall–Kier alpha value is -2.69. The van der Waals surface area contributed by atoms with Crippen LogP contribution < -0.4 is 10.1 Å². The van der Waals surface area contributed by atoms with Gasteiger partial charge in [-0.05, 0) is 60.9 Å². The van der Waals surface area contributed by atoms with Crippen molar-refractivity contribution in [2.45, 2.75) is 25.4 Å². The molecule has 0 bridgehead atoms. The lowest BCUT2D eigenvalue weighted by Crippen LogP contribution is -2.27. The first-order valence-corrected chi connectivity index (χ1v) is 10.8. The second-order valence-electron chi connectivity index (χ2n) is 7.42. The molecular formula is C24H21Cl2N3O. The van der Waals surface area contributed by atoms with Crippen molar-refractivity contribution < 1.29 is 4.74 Å². The van der Waals surface area contributed by atoms with Crippen LogP contribution in [0.1, 0.15) is 36.6 Å². The fourth-order valence-electron chi connectivity index (χ4n) is 4.19. The van der Waals surface area contributed by atoms with E-state index >= 15 is 0 Å². The smallest absolute Gasteiger partial charge is 0.204 e. The van der Waals surface area contributed by atoms with Gasteiger partial charge in [-0.15, -0.1) is 0 Å². The summed E-state index contributed by atoms with van der Waals surface area (Å²) < 4.78 is 7.92. The number of rotatable bonds is 4. The van der Waals surface area contributed by atoms with Gasteiger partial charge in [-0.1, -0.05) is 53.5 Å². The van der Waals surface area contributed by atoms with Crippen LogP contribution in [-0.2, 0) is 0 Å². The van der Waals surface area contributed by atoms with Crippen LogP contribution in [-0.4, -0.2) is 16.2 Å². The largest absolute Gasteiger partial charge is 0.494 e. The number of anilines is 1. The molecule has 1 aliphatic heterocycles. The lowest BCUT2D eigenvalue weighted by Gasteiger charge is -2.33. The molecule has 0 radical (unpaired) electrons. The number of hydrogen-bond donors (Lipinski definition) is 1. The Labute approximate surface area is 185 Å². The first kappa shape index (κ1) is 19.3. The van der Waals surface area contributed by atoms with E-state index in [9.17, 15) is 0 Å². The van der Waals surface area contributed by atoms with E-state index in [2.05, 4.69) is 34.1 Å². The normalized spacial score (nSPS) is 18.1. The second kappa shape index (κ2) is 7.86. The molecule has 0 saturated heterocycles. The van der Waals surface area contributed by atoms with Crippen LogP contribution in [0.2, 0.25) is 10.0 Å². The Morgan fingerprint density at radius 3 is 2.53 bits per heavy atom. The standard InChI is InChI=1S/C24H21Cl2N3O/c1-2-30-17-10-7-15(8-11-17)23-14-21(16-9-12-18(25)19(26)13-16)28-24-27-20-5-3-4-6-22(20)29(23)24/h3-13,21,23H,2,14H2,1H3,(H,27,28)/t21-,23-/m1/s1. The fourth-order valence-corrected chi connectivity index (χ4v) is 4.50. The van der Waals surface area contributed by atoms with Gasteiger partial charge in [0.05, 0.1) is 39.8 Å². The third-order valence-electron chi connectivity index (χ3n) is 5.59. The zero-order valence-corrected chi connectivity index (χ0v) is 18.0. The average Bonchev–Trinajstić information content (AvgIpc) is 3.14. The van der Waals surface area contributed by atoms with Crippen LogP contribution in [0.3, 0.4) is 0 Å². The Morgan fingerprint density at radius 2 is 1.77 bits per heavy atom. The fraction of sp³-hybridized carbons (Fsp3) is 0.208. The maximum atomic E-state index is 6.30. The molecular weight excluding hydrogens is 417 g/mol. The van der Waals surface area contributed by atoms with Crippen LogP contribution in [0.25, 0.3) is 11.0 Å². The topological polar surface area (TPSA) is 39.1 Å². The number of benzene rings is 3. The molecule has 0 unspecified atom stereocenters. The third kappa shape index (κ3) is 3.40. The highest BCUT2D eigenvalue weighted by atomic mass is 35.5. The van der Waals surface area contributed by atoms with Crippen molar-refractivity contribution in [3.8, 4) is 5.75 Å². The van der Waals surface area contributed by atoms with Crippen molar-refractivity contribution in [3.63, 3.8) is 0 Å². The predicted molar refractivity (Wildman–Crippen MR) is 123 cm³/mol. The molecule has 152 valence electrons. The zero-order chi connectivity index (χ0) is 20.7. The first-order valence-electron chi connectivity index (χ1n) is 10.0. The van der Waals surface area contributed by atoms with Gasteiger partial charge in [0.25, 0.3) is 0 Å². The second-order valence-corrected chi connectivity index (χ2v) is 8.23. The molecule has 4 aromatic rings. The number of imidazole rings is 1. The number of aromatic nitrogens is 2. The minimum atomic E-state index is 0.0700. The molecule has 4 nitrogen and oxygen atoms in total. The van der Waals surface area contributed by atoms with Crippen LogP contribution in [0.5, 0.6) is 5.75 Å². The number of nitrogens with zero attached hydrogens (tertiary/aromatic N) is 2. The molecule has 2 atom stereocenters. The highest BCUT2D eigenvalue weighted by molar-refractivity contribution is 6.42. The molecule has 2 heterocycles. The summed E-state index contributed by atoms with van der Waals surface area (Å²) in [5, 5.41) is 4.73. The summed E-state index contributed by atoms with van der Waals surface area (Å²) in [5.41, 5.74) is 4.41. The van der Waals surface area contributed by atoms with Crippen molar-refractivity contribution in [3.05, 3.63) is 87.9 Å². The Balaban J connectivity index is 1.61. The van der Waals surface area contributed by atoms with Crippen molar-refractivity contribution >= 4 is 40.2 Å². The van der Waals surface area contributed by atoms with Crippen LogP contribution in [0.4, 0.5) is 5.95 Å². The SMILES string of the molecule is CCOc1ccc([C@H]2C[C@H](c3ccc(Cl)c(Cl)c3)Nc3nc4ccccc4n32)cc1. The molecule has 6 heteroatoms. The monoisotopic (exact) mass is 437 g/mol. The van der Waals surface area contributed by atoms with Crippen molar-refractivity contribution in [1.29, 1.82) is 0 Å². The van der Waals surface area contributed by atoms with Crippen molar-refractivity contribution in [1.82, 2.24) is 9.55 Å². The van der Waals surface area contributed by atoms with E-state index in [-0.39, 0.29) is 12.1 Å². The van der Waals surface area contributed by atoms with Crippen LogP contribution >= 0.6 is 23.2 Å². The van der Waals surface area contributed by atoms with Gasteiger partial charge < -0.3 is 14.6 Å². The Kier molecular flexibility index (Phi) is 5.05. The molecule has 5 rings (SSSR count). The van der Waals surface area contributed by atoms with Gasteiger partial charge in [0.1, 0.15) is 5.75 Å². The first-order chi connectivity index (χ1) is 14.6. The van der Waals surface area contributed by atoms with E-state index in [1.54, 1.807) is 0 Å². The van der Waals surface area contributed by atoms with Gasteiger partial charge in [-0.25, -0.2) is 4.98 Å². The molecule has 0 fully saturated rings. The molecule has 0 saturated carbocycles. The minimum absolute atomic E-state index is 0.0700. The molecule has 30 heavy (non-hydrogen) atoms. The van der Waals surface area contributed by atoms with Gasteiger partial charge in [0.15, 0.2) is 0 Å². The quantitative estimate of drug-likeness (QED) is 0.377. The van der Waals surface area contributed by atoms with Gasteiger partial charge >= 0.3 is 0 Å². The summed E-state index contributed by atoms with van der Waals surface area (Å²) in [6, 6.07) is 22.6. The maximum absolute atomic E-state index is 6.30. The third-order valence-corrected chi connectivity index (χ3v) is 6.33. The molecule has 0 amide bonds. The maximum Gasteiger partial charge on any atom is 0.204 e. The lowest BCUT2D eigenvalue weighted by atomic mass is 9.93. The van der Waals surface area contributed by atoms with E-state index in [4.69, 9.17) is 32.9 Å². The summed E-state index contributed by atoms with van der Waals surface area (Å²) in [6.45, 7) is 2.65. The summed E-state index contributed by atoms with van der Waals surface area (Å²) in [5.74, 6) is 1.74. The zero-order valence-electron chi connectivity index (χ0n) is 16.5. The van der Waals surface area contributed by atoms with Gasteiger partial charge in [-0.3, -0.25) is 0 Å². The van der Waals surface area contributed by atoms with Gasteiger partial charge in [-0.2, -0.15) is 0 Å². The summed E-state index contributed by atoms with van der Waals surface area (Å²) >= 11 is 12.4. The Morgan fingerprint density at radius 1 is 1.00 bits per heavy atom. The van der Waals surface area contributed by atoms with E-state index in [1.807, 2.05) is 49.4 Å². The number of nitrogens with one attached hydrogen (secondary N) is 1. The summed E-state index contributed by atoms with van der Waals surface area (Å²) in [4.78, 5) is 4.86. The van der Waals surface area contributed by atoms with E-state index in [0.717, 1.165) is 34.7 Å². The highest BCUT2D eigenvalue weighted by Gasteiger charge is 2.31. The molecule has 1 aromatic heterocycles. The molecule has 3 aromatic carbocycles. The van der Waals surface area contributed by atoms with Gasteiger partial charge in [0.2, 0.25) is 5.95 Å². The van der Waals surface area contributed by atoms with Crippen LogP contribution in [0, 0.1) is 0 Å². The highest BCUT2D eigenvalue weighted by Crippen LogP contribution is 2.42. The summed E-state index contributed by atoms with van der Waals surface area (Å²) in [6.07, 6.45) is 0.860. The number of halogens is 2. The predicted octanol–water partition coefficient (Wildman–Crippen LogP) is 6.89. The number of para-hydroxylation sites is 2. The molecule has 1 aliphatic rings. The average molecular weight is 438 g/mol. The molecule has 0 spiro atoms.